The Morgan fingerprint density at radius 1 is 1.24 bits per heavy atom. The molecule has 21 heavy (non-hydrogen) atoms. The summed E-state index contributed by atoms with van der Waals surface area (Å²) in [6.45, 7) is 6.23. The van der Waals surface area contributed by atoms with Gasteiger partial charge in [0.25, 0.3) is 0 Å². The van der Waals surface area contributed by atoms with Gasteiger partial charge < -0.3 is 5.32 Å². The molecular formula is C18H25N3. The lowest BCUT2D eigenvalue weighted by Gasteiger charge is -2.19. The monoisotopic (exact) mass is 283 g/mol. The standard InChI is InChI=1S/C18H25N3/c1-14-13-15(2)21(20-14)12-6-11-19-18(17-9-10-17)16-7-4-3-5-8-16/h3-5,7-8,13,17-19H,6,9-12H2,1-2H3. The number of aromatic nitrogens is 2. The maximum Gasteiger partial charge on any atom is 0.0596 e. The van der Waals surface area contributed by atoms with Crippen LogP contribution in [-0.2, 0) is 6.54 Å². The molecule has 1 aromatic carbocycles. The molecule has 1 N–H and O–H groups in total. The summed E-state index contributed by atoms with van der Waals surface area (Å²) in [5, 5.41) is 8.27. The molecule has 0 bridgehead atoms. The van der Waals surface area contributed by atoms with Gasteiger partial charge in [0.2, 0.25) is 0 Å². The van der Waals surface area contributed by atoms with Crippen molar-refractivity contribution in [2.24, 2.45) is 5.92 Å². The minimum absolute atomic E-state index is 0.534. The maximum absolute atomic E-state index is 4.52. The lowest BCUT2D eigenvalue weighted by atomic mass is 10.0. The lowest BCUT2D eigenvalue weighted by Crippen LogP contribution is -2.25. The molecule has 3 rings (SSSR count). The summed E-state index contributed by atoms with van der Waals surface area (Å²) < 4.78 is 2.12. The molecule has 1 atom stereocenters. The maximum atomic E-state index is 4.52. The van der Waals surface area contributed by atoms with Crippen molar-refractivity contribution in [3.8, 4) is 0 Å². The first-order chi connectivity index (χ1) is 10.2. The van der Waals surface area contributed by atoms with Crippen LogP contribution < -0.4 is 5.32 Å². The van der Waals surface area contributed by atoms with Crippen LogP contribution in [0.5, 0.6) is 0 Å². The molecule has 0 saturated heterocycles. The number of nitrogens with zero attached hydrogens (tertiary/aromatic N) is 2. The van der Waals surface area contributed by atoms with Crippen molar-refractivity contribution in [2.45, 2.75) is 45.7 Å². The molecule has 3 heteroatoms. The average Bonchev–Trinajstić information content (AvgIpc) is 3.26. The molecular weight excluding hydrogens is 258 g/mol. The fourth-order valence-electron chi connectivity index (χ4n) is 3.03. The molecule has 1 aromatic heterocycles. The first-order valence-electron chi connectivity index (χ1n) is 8.03. The van der Waals surface area contributed by atoms with E-state index >= 15 is 0 Å². The Bertz CT molecular complexity index is 569. The third-order valence-corrected chi connectivity index (χ3v) is 4.27. The Morgan fingerprint density at radius 2 is 2.00 bits per heavy atom. The molecule has 3 nitrogen and oxygen atoms in total. The van der Waals surface area contributed by atoms with Crippen LogP contribution in [0.2, 0.25) is 0 Å². The van der Waals surface area contributed by atoms with E-state index in [4.69, 9.17) is 0 Å². The quantitative estimate of drug-likeness (QED) is 0.786. The Balaban J connectivity index is 1.50. The van der Waals surface area contributed by atoms with E-state index in [-0.39, 0.29) is 0 Å². The Labute approximate surface area is 127 Å². The summed E-state index contributed by atoms with van der Waals surface area (Å²) in [4.78, 5) is 0. The number of aryl methyl sites for hydroxylation is 3. The van der Waals surface area contributed by atoms with Crippen molar-refractivity contribution in [2.75, 3.05) is 6.54 Å². The largest absolute Gasteiger partial charge is 0.310 e. The van der Waals surface area contributed by atoms with Crippen molar-refractivity contribution in [3.05, 3.63) is 53.3 Å². The second-order valence-corrected chi connectivity index (χ2v) is 6.18. The summed E-state index contributed by atoms with van der Waals surface area (Å²) >= 11 is 0. The summed E-state index contributed by atoms with van der Waals surface area (Å²) in [6.07, 6.45) is 3.85. The van der Waals surface area contributed by atoms with Crippen molar-refractivity contribution in [3.63, 3.8) is 0 Å². The number of nitrogens with one attached hydrogen (secondary N) is 1. The van der Waals surface area contributed by atoms with Crippen LogP contribution >= 0.6 is 0 Å². The normalized spacial score (nSPS) is 16.1. The van der Waals surface area contributed by atoms with Crippen LogP contribution in [0.3, 0.4) is 0 Å². The van der Waals surface area contributed by atoms with Gasteiger partial charge in [-0.1, -0.05) is 30.3 Å². The Kier molecular flexibility index (Phi) is 4.39. The highest BCUT2D eigenvalue weighted by Gasteiger charge is 2.31. The average molecular weight is 283 g/mol. The van der Waals surface area contributed by atoms with Gasteiger partial charge in [0.1, 0.15) is 0 Å². The zero-order valence-electron chi connectivity index (χ0n) is 13.0. The topological polar surface area (TPSA) is 29.9 Å². The predicted octanol–water partition coefficient (Wildman–Crippen LogP) is 3.63. The van der Waals surface area contributed by atoms with E-state index in [1.54, 1.807) is 0 Å². The van der Waals surface area contributed by atoms with E-state index in [1.807, 2.05) is 0 Å². The molecule has 0 radical (unpaired) electrons. The van der Waals surface area contributed by atoms with Gasteiger partial charge in [-0.25, -0.2) is 0 Å². The molecule has 0 spiro atoms. The summed E-state index contributed by atoms with van der Waals surface area (Å²) in [5.74, 6) is 0.834. The fraction of sp³-hybridized carbons (Fsp3) is 0.500. The van der Waals surface area contributed by atoms with Crippen molar-refractivity contribution >= 4 is 0 Å². The van der Waals surface area contributed by atoms with Crippen LogP contribution in [0.25, 0.3) is 0 Å². The second-order valence-electron chi connectivity index (χ2n) is 6.18. The Morgan fingerprint density at radius 3 is 2.62 bits per heavy atom. The van der Waals surface area contributed by atoms with Gasteiger partial charge in [-0.05, 0) is 57.2 Å². The number of rotatable bonds is 7. The number of benzene rings is 1. The zero-order chi connectivity index (χ0) is 14.7. The molecule has 1 unspecified atom stereocenters. The molecule has 1 saturated carbocycles. The molecule has 2 aromatic rings. The highest BCUT2D eigenvalue weighted by Crippen LogP contribution is 2.40. The minimum Gasteiger partial charge on any atom is -0.310 e. The van der Waals surface area contributed by atoms with Gasteiger partial charge in [-0.15, -0.1) is 0 Å². The van der Waals surface area contributed by atoms with Gasteiger partial charge in [0, 0.05) is 18.3 Å². The highest BCUT2D eigenvalue weighted by molar-refractivity contribution is 5.21. The van der Waals surface area contributed by atoms with Crippen molar-refractivity contribution in [1.29, 1.82) is 0 Å². The lowest BCUT2D eigenvalue weighted by molar-refractivity contribution is 0.451. The first kappa shape index (κ1) is 14.3. The van der Waals surface area contributed by atoms with Gasteiger partial charge in [0.05, 0.1) is 5.69 Å². The van der Waals surface area contributed by atoms with Crippen LogP contribution in [-0.4, -0.2) is 16.3 Å². The summed E-state index contributed by atoms with van der Waals surface area (Å²) in [6, 6.07) is 13.5. The molecule has 112 valence electrons. The van der Waals surface area contributed by atoms with E-state index in [0.717, 1.165) is 31.1 Å². The molecule has 1 aliphatic rings. The molecule has 0 amide bonds. The third-order valence-electron chi connectivity index (χ3n) is 4.27. The molecule has 0 aliphatic heterocycles. The van der Waals surface area contributed by atoms with E-state index in [1.165, 1.54) is 24.1 Å². The van der Waals surface area contributed by atoms with Crippen molar-refractivity contribution < 1.29 is 0 Å². The smallest absolute Gasteiger partial charge is 0.0596 e. The van der Waals surface area contributed by atoms with Gasteiger partial charge in [-0.2, -0.15) is 5.10 Å². The van der Waals surface area contributed by atoms with Crippen LogP contribution in [0, 0.1) is 19.8 Å². The molecule has 1 aliphatic carbocycles. The van der Waals surface area contributed by atoms with Gasteiger partial charge >= 0.3 is 0 Å². The first-order valence-corrected chi connectivity index (χ1v) is 8.03. The molecule has 1 fully saturated rings. The predicted molar refractivity (Wildman–Crippen MR) is 86.2 cm³/mol. The van der Waals surface area contributed by atoms with E-state index in [9.17, 15) is 0 Å². The van der Waals surface area contributed by atoms with Crippen molar-refractivity contribution in [1.82, 2.24) is 15.1 Å². The number of hydrogen-bond acceptors (Lipinski definition) is 2. The zero-order valence-corrected chi connectivity index (χ0v) is 13.0. The van der Waals surface area contributed by atoms with E-state index in [0.29, 0.717) is 6.04 Å². The fourth-order valence-corrected chi connectivity index (χ4v) is 3.03. The summed E-state index contributed by atoms with van der Waals surface area (Å²) in [7, 11) is 0. The Hall–Kier alpha value is -1.61. The number of hydrogen-bond donors (Lipinski definition) is 1. The van der Waals surface area contributed by atoms with Gasteiger partial charge in [0.15, 0.2) is 0 Å². The van der Waals surface area contributed by atoms with E-state index in [2.05, 4.69) is 65.3 Å². The minimum atomic E-state index is 0.534. The third kappa shape index (κ3) is 3.73. The highest BCUT2D eigenvalue weighted by atomic mass is 15.3. The van der Waals surface area contributed by atoms with Crippen LogP contribution in [0.4, 0.5) is 0 Å². The van der Waals surface area contributed by atoms with E-state index < -0.39 is 0 Å². The SMILES string of the molecule is Cc1cc(C)n(CCCNC(c2ccccc2)C2CC2)n1. The molecule has 1 heterocycles. The summed E-state index contributed by atoms with van der Waals surface area (Å²) in [5.41, 5.74) is 3.81. The van der Waals surface area contributed by atoms with Gasteiger partial charge in [-0.3, -0.25) is 4.68 Å². The second kappa shape index (κ2) is 6.44. The van der Waals surface area contributed by atoms with Crippen LogP contribution in [0.1, 0.15) is 42.3 Å². The van der Waals surface area contributed by atoms with Crippen LogP contribution in [0.15, 0.2) is 36.4 Å².